The van der Waals surface area contributed by atoms with Gasteiger partial charge in [-0.2, -0.15) is 0 Å². The summed E-state index contributed by atoms with van der Waals surface area (Å²) in [6, 6.07) is 0. The molecule has 2 aromatic heterocycles. The van der Waals surface area contributed by atoms with Crippen molar-refractivity contribution in [2.75, 3.05) is 5.32 Å². The van der Waals surface area contributed by atoms with Gasteiger partial charge in [-0.15, -0.1) is 11.3 Å². The standard InChI is InChI=1S/C12H15ClN4S/c1-7(2)10-11(13)15-5-16-12(10)14-4-9-8(3)17-6-18-9/h5-7H,4H2,1-3H3,(H,14,15,16). The molecule has 6 heteroatoms. The van der Waals surface area contributed by atoms with E-state index in [9.17, 15) is 0 Å². The van der Waals surface area contributed by atoms with E-state index in [4.69, 9.17) is 11.6 Å². The molecule has 0 spiro atoms. The summed E-state index contributed by atoms with van der Waals surface area (Å²) < 4.78 is 0. The molecule has 0 radical (unpaired) electrons. The van der Waals surface area contributed by atoms with Crippen LogP contribution in [0.25, 0.3) is 0 Å². The zero-order chi connectivity index (χ0) is 13.1. The van der Waals surface area contributed by atoms with Crippen molar-refractivity contribution in [2.45, 2.75) is 33.2 Å². The van der Waals surface area contributed by atoms with Crippen molar-refractivity contribution in [3.63, 3.8) is 0 Å². The minimum atomic E-state index is 0.281. The number of aromatic nitrogens is 3. The summed E-state index contributed by atoms with van der Waals surface area (Å²) in [5.74, 6) is 1.08. The van der Waals surface area contributed by atoms with E-state index >= 15 is 0 Å². The fraction of sp³-hybridized carbons (Fsp3) is 0.417. The first kappa shape index (κ1) is 13.2. The number of thiazole rings is 1. The molecule has 0 atom stereocenters. The molecular formula is C12H15ClN4S. The van der Waals surface area contributed by atoms with Gasteiger partial charge >= 0.3 is 0 Å². The molecule has 0 aliphatic rings. The van der Waals surface area contributed by atoms with E-state index in [1.807, 2.05) is 12.4 Å². The van der Waals surface area contributed by atoms with E-state index < -0.39 is 0 Å². The van der Waals surface area contributed by atoms with Gasteiger partial charge < -0.3 is 5.32 Å². The van der Waals surface area contributed by atoms with Gasteiger partial charge in [0.1, 0.15) is 17.3 Å². The van der Waals surface area contributed by atoms with Gasteiger partial charge in [-0.1, -0.05) is 25.4 Å². The molecule has 2 rings (SSSR count). The van der Waals surface area contributed by atoms with Gasteiger partial charge in [0.25, 0.3) is 0 Å². The molecule has 2 aromatic rings. The summed E-state index contributed by atoms with van der Waals surface area (Å²) >= 11 is 7.75. The van der Waals surface area contributed by atoms with Gasteiger partial charge in [0, 0.05) is 10.4 Å². The number of rotatable bonds is 4. The molecule has 18 heavy (non-hydrogen) atoms. The molecule has 0 saturated carbocycles. The Hall–Kier alpha value is -1.20. The summed E-state index contributed by atoms with van der Waals surface area (Å²) in [7, 11) is 0. The van der Waals surface area contributed by atoms with E-state index in [0.29, 0.717) is 11.7 Å². The third-order valence-corrected chi connectivity index (χ3v) is 3.91. The fourth-order valence-corrected chi connectivity index (χ4v) is 2.75. The molecule has 0 aromatic carbocycles. The van der Waals surface area contributed by atoms with Crippen molar-refractivity contribution in [2.24, 2.45) is 0 Å². The second-order valence-electron chi connectivity index (χ2n) is 4.30. The molecule has 0 fully saturated rings. The maximum absolute atomic E-state index is 6.12. The normalized spacial score (nSPS) is 10.9. The summed E-state index contributed by atoms with van der Waals surface area (Å²) in [6.45, 7) is 6.87. The Kier molecular flexibility index (Phi) is 4.14. The number of nitrogens with one attached hydrogen (secondary N) is 1. The van der Waals surface area contributed by atoms with Gasteiger partial charge in [0.05, 0.1) is 17.7 Å². The molecule has 1 N–H and O–H groups in total. The smallest absolute Gasteiger partial charge is 0.138 e. The zero-order valence-electron chi connectivity index (χ0n) is 10.6. The number of halogens is 1. The Bertz CT molecular complexity index is 539. The Morgan fingerprint density at radius 3 is 2.72 bits per heavy atom. The molecule has 0 saturated heterocycles. The van der Waals surface area contributed by atoms with Gasteiger partial charge in [0.2, 0.25) is 0 Å². The molecule has 0 amide bonds. The molecule has 0 aliphatic heterocycles. The van der Waals surface area contributed by atoms with Gasteiger partial charge in [-0.05, 0) is 12.8 Å². The Morgan fingerprint density at radius 1 is 1.33 bits per heavy atom. The number of nitrogens with zero attached hydrogens (tertiary/aromatic N) is 3. The van der Waals surface area contributed by atoms with Crippen LogP contribution in [-0.4, -0.2) is 15.0 Å². The number of hydrogen-bond acceptors (Lipinski definition) is 5. The van der Waals surface area contributed by atoms with Crippen LogP contribution >= 0.6 is 22.9 Å². The summed E-state index contributed by atoms with van der Waals surface area (Å²) in [5.41, 5.74) is 3.86. The highest BCUT2D eigenvalue weighted by Gasteiger charge is 2.13. The highest BCUT2D eigenvalue weighted by atomic mass is 35.5. The molecule has 2 heterocycles. The van der Waals surface area contributed by atoms with Crippen LogP contribution in [0.4, 0.5) is 5.82 Å². The van der Waals surface area contributed by atoms with Crippen molar-refractivity contribution in [3.05, 3.63) is 33.1 Å². The predicted octanol–water partition coefficient (Wildman–Crippen LogP) is 3.63. The maximum Gasteiger partial charge on any atom is 0.138 e. The predicted molar refractivity (Wildman–Crippen MR) is 75.3 cm³/mol. The molecule has 96 valence electrons. The third kappa shape index (κ3) is 2.79. The lowest BCUT2D eigenvalue weighted by molar-refractivity contribution is 0.844. The second-order valence-corrected chi connectivity index (χ2v) is 5.59. The number of aryl methyl sites for hydroxylation is 1. The lowest BCUT2D eigenvalue weighted by Crippen LogP contribution is -2.07. The first-order chi connectivity index (χ1) is 8.59. The molecule has 0 bridgehead atoms. The van der Waals surface area contributed by atoms with Crippen LogP contribution in [0.1, 0.15) is 35.9 Å². The van der Waals surface area contributed by atoms with Gasteiger partial charge in [-0.3, -0.25) is 0 Å². The van der Waals surface area contributed by atoms with Crippen molar-refractivity contribution in [1.82, 2.24) is 15.0 Å². The van der Waals surface area contributed by atoms with Crippen LogP contribution in [-0.2, 0) is 6.54 Å². The quantitative estimate of drug-likeness (QED) is 0.870. The van der Waals surface area contributed by atoms with Crippen molar-refractivity contribution >= 4 is 28.8 Å². The molecule has 0 unspecified atom stereocenters. The van der Waals surface area contributed by atoms with Crippen molar-refractivity contribution in [3.8, 4) is 0 Å². The van der Waals surface area contributed by atoms with Crippen molar-refractivity contribution < 1.29 is 0 Å². The van der Waals surface area contributed by atoms with Gasteiger partial charge in [0.15, 0.2) is 0 Å². The summed E-state index contributed by atoms with van der Waals surface area (Å²) in [6.07, 6.45) is 1.48. The van der Waals surface area contributed by atoms with Crippen LogP contribution in [0.2, 0.25) is 5.15 Å². The molecular weight excluding hydrogens is 268 g/mol. The second kappa shape index (κ2) is 5.63. The van der Waals surface area contributed by atoms with E-state index in [1.54, 1.807) is 11.3 Å². The number of hydrogen-bond donors (Lipinski definition) is 1. The van der Waals surface area contributed by atoms with Crippen LogP contribution in [0, 0.1) is 6.92 Å². The van der Waals surface area contributed by atoms with Crippen LogP contribution in [0.15, 0.2) is 11.8 Å². The minimum Gasteiger partial charge on any atom is -0.365 e. The third-order valence-electron chi connectivity index (χ3n) is 2.67. The highest BCUT2D eigenvalue weighted by molar-refractivity contribution is 7.09. The van der Waals surface area contributed by atoms with E-state index in [2.05, 4.69) is 34.1 Å². The highest BCUT2D eigenvalue weighted by Crippen LogP contribution is 2.28. The zero-order valence-corrected chi connectivity index (χ0v) is 12.1. The van der Waals surface area contributed by atoms with E-state index in [1.165, 1.54) is 11.2 Å². The van der Waals surface area contributed by atoms with Crippen LogP contribution in [0.3, 0.4) is 0 Å². The molecule has 0 aliphatic carbocycles. The minimum absolute atomic E-state index is 0.281. The van der Waals surface area contributed by atoms with Crippen LogP contribution < -0.4 is 5.32 Å². The SMILES string of the molecule is Cc1ncsc1CNc1ncnc(Cl)c1C(C)C. The molecule has 4 nitrogen and oxygen atoms in total. The van der Waals surface area contributed by atoms with Crippen molar-refractivity contribution in [1.29, 1.82) is 0 Å². The average molecular weight is 283 g/mol. The van der Waals surface area contributed by atoms with Gasteiger partial charge in [-0.25, -0.2) is 15.0 Å². The average Bonchev–Trinajstić information content (AvgIpc) is 2.71. The topological polar surface area (TPSA) is 50.7 Å². The Morgan fingerprint density at radius 2 is 2.11 bits per heavy atom. The Balaban J connectivity index is 2.19. The number of anilines is 1. The fourth-order valence-electron chi connectivity index (χ4n) is 1.69. The summed E-state index contributed by atoms with van der Waals surface area (Å²) in [4.78, 5) is 13.7. The van der Waals surface area contributed by atoms with E-state index in [0.717, 1.165) is 17.1 Å². The van der Waals surface area contributed by atoms with Crippen LogP contribution in [0.5, 0.6) is 0 Å². The van der Waals surface area contributed by atoms with E-state index in [-0.39, 0.29) is 5.92 Å². The first-order valence-corrected chi connectivity index (χ1v) is 6.98. The maximum atomic E-state index is 6.12. The summed E-state index contributed by atoms with van der Waals surface area (Å²) in [5, 5.41) is 3.83. The lowest BCUT2D eigenvalue weighted by atomic mass is 10.1. The first-order valence-electron chi connectivity index (χ1n) is 5.72. The largest absolute Gasteiger partial charge is 0.365 e. The lowest BCUT2D eigenvalue weighted by Gasteiger charge is -2.13. The monoisotopic (exact) mass is 282 g/mol. The Labute approximate surface area is 115 Å².